The van der Waals surface area contributed by atoms with Crippen LogP contribution in [-0.2, 0) is 14.3 Å². The largest absolute Gasteiger partial charge is 0.503 e. The average Bonchev–Trinajstić information content (AvgIpc) is 2.84. The van der Waals surface area contributed by atoms with Crippen LogP contribution in [0.4, 0.5) is 0 Å². The molecule has 1 unspecified atom stereocenters. The van der Waals surface area contributed by atoms with Gasteiger partial charge in [0.1, 0.15) is 5.78 Å². The van der Waals surface area contributed by atoms with Crippen LogP contribution in [-0.4, -0.2) is 35.8 Å². The van der Waals surface area contributed by atoms with E-state index in [1.807, 2.05) is 45.0 Å². The molecular formula is C29H31BrClNO5. The Kier molecular flexibility index (Phi) is 8.44. The van der Waals surface area contributed by atoms with Crippen molar-refractivity contribution in [3.8, 4) is 11.5 Å². The molecule has 3 atom stereocenters. The van der Waals surface area contributed by atoms with Gasteiger partial charge in [0.15, 0.2) is 11.5 Å². The molecule has 0 radical (unpaired) electrons. The van der Waals surface area contributed by atoms with Gasteiger partial charge in [-0.2, -0.15) is 0 Å². The number of ketones is 1. The summed E-state index contributed by atoms with van der Waals surface area (Å²) in [5.41, 5.74) is 3.37. The predicted molar refractivity (Wildman–Crippen MR) is 148 cm³/mol. The quantitative estimate of drug-likeness (QED) is 0.353. The van der Waals surface area contributed by atoms with E-state index in [2.05, 4.69) is 15.9 Å². The van der Waals surface area contributed by atoms with E-state index in [9.17, 15) is 14.7 Å². The number of hydrogen-bond acceptors (Lipinski definition) is 6. The minimum absolute atomic E-state index is 0.0127. The molecule has 1 aliphatic heterocycles. The smallest absolute Gasteiger partial charge is 0.336 e. The van der Waals surface area contributed by atoms with Gasteiger partial charge >= 0.3 is 5.97 Å². The zero-order valence-electron chi connectivity index (χ0n) is 21.4. The number of rotatable bonds is 7. The topological polar surface area (TPSA) is 85.2 Å². The second-order valence-electron chi connectivity index (χ2n) is 9.96. The zero-order chi connectivity index (χ0) is 26.9. The molecule has 2 aliphatic rings. The maximum Gasteiger partial charge on any atom is 0.336 e. The Labute approximate surface area is 230 Å². The first-order valence-corrected chi connectivity index (χ1v) is 13.7. The fourth-order valence-electron chi connectivity index (χ4n) is 5.13. The van der Waals surface area contributed by atoms with E-state index in [-0.39, 0.29) is 35.7 Å². The number of hydrogen-bond donors (Lipinski definition) is 1. The van der Waals surface area contributed by atoms with Crippen molar-refractivity contribution in [2.75, 3.05) is 13.2 Å². The van der Waals surface area contributed by atoms with Gasteiger partial charge < -0.3 is 14.6 Å². The molecule has 0 aromatic heterocycles. The number of fused-ring (bicyclic) bond motifs is 1. The molecular weight excluding hydrogens is 558 g/mol. The zero-order valence-corrected chi connectivity index (χ0v) is 23.7. The van der Waals surface area contributed by atoms with Crippen molar-refractivity contribution in [3.63, 3.8) is 0 Å². The van der Waals surface area contributed by atoms with Crippen LogP contribution in [0.25, 0.3) is 0 Å². The third-order valence-electron chi connectivity index (χ3n) is 6.77. The van der Waals surface area contributed by atoms with Gasteiger partial charge in [-0.25, -0.2) is 4.79 Å². The van der Waals surface area contributed by atoms with Crippen LogP contribution in [0.15, 0.2) is 57.1 Å². The van der Waals surface area contributed by atoms with Crippen LogP contribution in [0.1, 0.15) is 63.5 Å². The molecule has 6 nitrogen and oxygen atoms in total. The highest BCUT2D eigenvalue weighted by atomic mass is 79.9. The Hall–Kier alpha value is -2.64. The number of phenols is 1. The van der Waals surface area contributed by atoms with Crippen molar-refractivity contribution in [1.82, 2.24) is 0 Å². The molecule has 37 heavy (non-hydrogen) atoms. The van der Waals surface area contributed by atoms with E-state index in [0.29, 0.717) is 45.8 Å². The molecule has 0 saturated heterocycles. The predicted octanol–water partition coefficient (Wildman–Crippen LogP) is 6.98. The maximum absolute atomic E-state index is 13.8. The van der Waals surface area contributed by atoms with Crippen LogP contribution < -0.4 is 4.74 Å². The summed E-state index contributed by atoms with van der Waals surface area (Å²) in [6, 6.07) is 11.0. The highest BCUT2D eigenvalue weighted by Gasteiger charge is 2.46. The van der Waals surface area contributed by atoms with Crippen molar-refractivity contribution in [2.24, 2.45) is 16.8 Å². The molecule has 1 N–H and O–H groups in total. The number of benzene rings is 2. The summed E-state index contributed by atoms with van der Waals surface area (Å²) in [6.45, 7) is 8.17. The summed E-state index contributed by atoms with van der Waals surface area (Å²) in [4.78, 5) is 32.0. The molecule has 0 amide bonds. The molecule has 0 spiro atoms. The first-order chi connectivity index (χ1) is 17.6. The SMILES string of the molecule is CCOc1cc([C@H]2C(C(=O)OCC(C)C)=C(C)N=C3C[C@H](c4ccc(Cl)cc4)CC(=O)C32)cc(Br)c1O. The highest BCUT2D eigenvalue weighted by molar-refractivity contribution is 9.10. The summed E-state index contributed by atoms with van der Waals surface area (Å²) >= 11 is 9.49. The van der Waals surface area contributed by atoms with E-state index in [1.54, 1.807) is 19.1 Å². The van der Waals surface area contributed by atoms with Crippen molar-refractivity contribution in [2.45, 2.75) is 52.4 Å². The Bertz CT molecular complexity index is 1270. The second kappa shape index (κ2) is 11.4. The lowest BCUT2D eigenvalue weighted by molar-refractivity contribution is -0.140. The minimum Gasteiger partial charge on any atom is -0.503 e. The van der Waals surface area contributed by atoms with E-state index in [0.717, 1.165) is 11.3 Å². The normalized spacial score (nSPS) is 21.5. The Morgan fingerprint density at radius 3 is 2.51 bits per heavy atom. The van der Waals surface area contributed by atoms with Crippen molar-refractivity contribution < 1.29 is 24.2 Å². The lowest BCUT2D eigenvalue weighted by Crippen LogP contribution is -2.41. The first kappa shape index (κ1) is 27.4. The molecule has 8 heteroatoms. The molecule has 1 heterocycles. The number of aliphatic imine (C=N–C) groups is 1. The Morgan fingerprint density at radius 1 is 1.16 bits per heavy atom. The van der Waals surface area contributed by atoms with E-state index < -0.39 is 17.8 Å². The molecule has 196 valence electrons. The summed E-state index contributed by atoms with van der Waals surface area (Å²) in [5, 5.41) is 11.2. The van der Waals surface area contributed by atoms with Gasteiger partial charge in [-0.15, -0.1) is 0 Å². The fraction of sp³-hybridized carbons (Fsp3) is 0.414. The highest BCUT2D eigenvalue weighted by Crippen LogP contribution is 2.48. The lowest BCUT2D eigenvalue weighted by Gasteiger charge is -2.38. The van der Waals surface area contributed by atoms with Crippen LogP contribution >= 0.6 is 27.5 Å². The van der Waals surface area contributed by atoms with Gasteiger partial charge in [-0.1, -0.05) is 37.6 Å². The minimum atomic E-state index is -0.611. The molecule has 1 saturated carbocycles. The van der Waals surface area contributed by atoms with E-state index >= 15 is 0 Å². The fourth-order valence-corrected chi connectivity index (χ4v) is 5.72. The van der Waals surface area contributed by atoms with Gasteiger partial charge in [-0.05, 0) is 83.4 Å². The second-order valence-corrected chi connectivity index (χ2v) is 11.2. The van der Waals surface area contributed by atoms with Crippen molar-refractivity contribution in [1.29, 1.82) is 0 Å². The molecule has 4 rings (SSSR count). The van der Waals surface area contributed by atoms with Crippen LogP contribution in [0, 0.1) is 11.8 Å². The first-order valence-electron chi connectivity index (χ1n) is 12.5. The Morgan fingerprint density at radius 2 is 1.86 bits per heavy atom. The monoisotopic (exact) mass is 587 g/mol. The number of carbonyl (C=O) groups is 2. The van der Waals surface area contributed by atoms with E-state index in [1.165, 1.54) is 0 Å². The number of carbonyl (C=O) groups excluding carboxylic acids is 2. The molecule has 2 aromatic carbocycles. The third kappa shape index (κ3) is 5.78. The summed E-state index contributed by atoms with van der Waals surface area (Å²) in [5.74, 6) is -1.29. The number of halogens is 2. The van der Waals surface area contributed by atoms with Gasteiger partial charge in [0, 0.05) is 28.8 Å². The standard InChI is InChI=1S/C29H31BrClNO5/c1-5-36-24-13-19(10-21(30)28(24)34)26-25(29(35)37-14-15(2)3)16(4)32-22-11-18(12-23(33)27(22)26)17-6-8-20(31)9-7-17/h6-10,13,15,18,26-27,34H,5,11-12,14H2,1-4H3/t18-,26-,27?/m0/s1. The number of nitrogens with zero attached hydrogens (tertiary/aromatic N) is 1. The summed E-state index contributed by atoms with van der Waals surface area (Å²) < 4.78 is 11.7. The molecule has 0 bridgehead atoms. The summed E-state index contributed by atoms with van der Waals surface area (Å²) in [7, 11) is 0. The van der Waals surface area contributed by atoms with Crippen LogP contribution in [0.3, 0.4) is 0 Å². The number of esters is 1. The summed E-state index contributed by atoms with van der Waals surface area (Å²) in [6.07, 6.45) is 0.921. The van der Waals surface area contributed by atoms with Gasteiger partial charge in [0.25, 0.3) is 0 Å². The number of allylic oxidation sites excluding steroid dienone is 1. The third-order valence-corrected chi connectivity index (χ3v) is 7.63. The van der Waals surface area contributed by atoms with Gasteiger partial charge in [0.2, 0.25) is 0 Å². The number of ether oxygens (including phenoxy) is 2. The van der Waals surface area contributed by atoms with Gasteiger partial charge in [0.05, 0.1) is 29.2 Å². The number of Topliss-reactive ketones (excluding diaryl/α,β-unsaturated/α-hetero) is 1. The molecule has 2 aromatic rings. The number of phenolic OH excluding ortho intramolecular Hbond substituents is 1. The van der Waals surface area contributed by atoms with Crippen molar-refractivity contribution >= 4 is 45.0 Å². The average molecular weight is 589 g/mol. The maximum atomic E-state index is 13.8. The van der Waals surface area contributed by atoms with Crippen LogP contribution in [0.2, 0.25) is 5.02 Å². The lowest BCUT2D eigenvalue weighted by atomic mass is 9.66. The van der Waals surface area contributed by atoms with E-state index in [4.69, 9.17) is 26.1 Å². The Balaban J connectivity index is 1.81. The number of aromatic hydroxyl groups is 1. The van der Waals surface area contributed by atoms with Crippen LogP contribution in [0.5, 0.6) is 11.5 Å². The molecule has 1 aliphatic carbocycles. The van der Waals surface area contributed by atoms with Gasteiger partial charge in [-0.3, -0.25) is 9.79 Å². The van der Waals surface area contributed by atoms with Crippen molar-refractivity contribution in [3.05, 3.63) is 68.3 Å². The molecule has 1 fully saturated rings.